The third kappa shape index (κ3) is 16.4. The van der Waals surface area contributed by atoms with Crippen molar-refractivity contribution in [3.8, 4) is 22.9 Å². The summed E-state index contributed by atoms with van der Waals surface area (Å²) in [4.78, 5) is 21.0. The third-order valence-corrected chi connectivity index (χ3v) is 15.8. The van der Waals surface area contributed by atoms with Gasteiger partial charge in [0, 0.05) is 102 Å². The number of methoxy groups -OCH3 is 2. The Hall–Kier alpha value is -8.18. The summed E-state index contributed by atoms with van der Waals surface area (Å²) in [5.41, 5.74) is 5.43. The number of pyridine rings is 2. The van der Waals surface area contributed by atoms with Gasteiger partial charge in [-0.25, -0.2) is 40.4 Å². The second-order valence-corrected chi connectivity index (χ2v) is 23.3. The summed E-state index contributed by atoms with van der Waals surface area (Å²) in [6, 6.07) is 46.5. The van der Waals surface area contributed by atoms with Crippen LogP contribution in [0.3, 0.4) is 0 Å². The molecule has 1 aliphatic rings. The van der Waals surface area contributed by atoms with Crippen LogP contribution in [-0.4, -0.2) is 85.3 Å². The smallest absolute Gasteiger partial charge is 0.243 e. The minimum atomic E-state index is -3.70. The topological polar surface area (TPSA) is 224 Å². The number of halogens is 1. The number of hydrogen-bond acceptors (Lipinski definition) is 13. The van der Waals surface area contributed by atoms with Crippen molar-refractivity contribution in [2.75, 3.05) is 20.5 Å². The second-order valence-electron chi connectivity index (χ2n) is 16.8. The monoisotopic (exact) mass is 1170 g/mol. The SMILES string of the molecule is C1=CN=CC1.COc1ccc(CN(Cc2ccc(OC)cc2)S(=O)(=O)c2ccc(Br)cc2)cc1.CS(=O)(=O)c1ccc(-n2ccnc2)cc1.NS(=O)(=O)c1ccc(-n2ccnc2)cc1.c1cnc2c(c1)ccc1cccnc12. The van der Waals surface area contributed by atoms with E-state index in [0.29, 0.717) is 4.90 Å². The van der Waals surface area contributed by atoms with Gasteiger partial charge in [0.2, 0.25) is 20.0 Å². The maximum atomic E-state index is 13.4. The van der Waals surface area contributed by atoms with Crippen molar-refractivity contribution in [3.63, 3.8) is 0 Å². The van der Waals surface area contributed by atoms with E-state index in [1.807, 2.05) is 77.5 Å². The van der Waals surface area contributed by atoms with Crippen molar-refractivity contribution >= 4 is 73.8 Å². The van der Waals surface area contributed by atoms with E-state index in [4.69, 9.17) is 14.6 Å². The van der Waals surface area contributed by atoms with Crippen molar-refractivity contribution in [3.05, 3.63) is 235 Å². The summed E-state index contributed by atoms with van der Waals surface area (Å²) in [6.07, 6.45) is 21.7. The number of imidazole rings is 2. The number of sulfone groups is 1. The van der Waals surface area contributed by atoms with Crippen molar-refractivity contribution in [2.24, 2.45) is 10.1 Å². The lowest BCUT2D eigenvalue weighted by molar-refractivity contribution is 0.397. The predicted octanol–water partition coefficient (Wildman–Crippen LogP) is 10.4. The maximum Gasteiger partial charge on any atom is 0.243 e. The van der Waals surface area contributed by atoms with Gasteiger partial charge in [-0.1, -0.05) is 70.5 Å². The van der Waals surface area contributed by atoms with Crippen LogP contribution in [0.15, 0.2) is 244 Å². The Bertz CT molecular complexity index is 3690. The molecule has 0 aliphatic carbocycles. The number of fused-ring (bicyclic) bond motifs is 3. The van der Waals surface area contributed by atoms with Crippen LogP contribution in [0.5, 0.6) is 11.5 Å². The summed E-state index contributed by atoms with van der Waals surface area (Å²) in [6.45, 7) is 0.489. The lowest BCUT2D eigenvalue weighted by atomic mass is 10.1. The molecule has 4 aromatic heterocycles. The van der Waals surface area contributed by atoms with Crippen LogP contribution in [0.2, 0.25) is 0 Å². The lowest BCUT2D eigenvalue weighted by Gasteiger charge is -2.23. The van der Waals surface area contributed by atoms with Gasteiger partial charge in [0.05, 0.1) is 52.6 Å². The molecule has 0 saturated heterocycles. The minimum Gasteiger partial charge on any atom is -0.497 e. The van der Waals surface area contributed by atoms with Crippen LogP contribution >= 0.6 is 15.9 Å². The number of aromatic nitrogens is 6. The Morgan fingerprint density at radius 1 is 0.564 bits per heavy atom. The number of rotatable bonds is 12. The van der Waals surface area contributed by atoms with Gasteiger partial charge in [-0.15, -0.1) is 0 Å². The van der Waals surface area contributed by atoms with Gasteiger partial charge in [-0.3, -0.25) is 15.0 Å². The number of ether oxygens (including phenoxy) is 2. The Kier molecular flexibility index (Phi) is 20.1. The first-order valence-corrected chi connectivity index (χ1v) is 29.4. The fourth-order valence-corrected chi connectivity index (χ4v) is 10.2. The fraction of sp³-hybridized carbons (Fsp3) is 0.105. The third-order valence-electron chi connectivity index (χ3n) is 11.4. The van der Waals surface area contributed by atoms with Gasteiger partial charge in [-0.05, 0) is 120 Å². The summed E-state index contributed by atoms with van der Waals surface area (Å²) >= 11 is 3.35. The van der Waals surface area contributed by atoms with Crippen LogP contribution in [0, 0.1) is 0 Å². The average molecular weight is 1170 g/mol. The molecule has 10 aromatic rings. The Morgan fingerprint density at radius 3 is 1.37 bits per heavy atom. The van der Waals surface area contributed by atoms with Gasteiger partial charge in [0.25, 0.3) is 0 Å². The van der Waals surface area contributed by atoms with E-state index < -0.39 is 29.9 Å². The highest BCUT2D eigenvalue weighted by atomic mass is 79.9. The molecule has 6 aromatic carbocycles. The molecule has 0 unspecified atom stereocenters. The molecule has 0 saturated carbocycles. The number of primary sulfonamides is 1. The van der Waals surface area contributed by atoms with Crippen molar-refractivity contribution < 1.29 is 34.7 Å². The van der Waals surface area contributed by atoms with Crippen LogP contribution in [0.4, 0.5) is 0 Å². The average Bonchev–Trinajstić information content (AvgIpc) is 4.34. The van der Waals surface area contributed by atoms with Crippen LogP contribution in [0.1, 0.15) is 17.5 Å². The zero-order valence-electron chi connectivity index (χ0n) is 42.5. The van der Waals surface area contributed by atoms with Gasteiger partial charge < -0.3 is 18.6 Å². The van der Waals surface area contributed by atoms with Crippen LogP contribution < -0.4 is 14.6 Å². The molecule has 0 atom stereocenters. The number of allylic oxidation sites excluding steroid dienone is 1. The van der Waals surface area contributed by atoms with E-state index >= 15 is 0 Å². The number of sulfonamides is 2. The summed E-state index contributed by atoms with van der Waals surface area (Å²) in [5.74, 6) is 1.46. The van der Waals surface area contributed by atoms with Crippen LogP contribution in [-0.2, 0) is 43.0 Å². The van der Waals surface area contributed by atoms with E-state index in [1.165, 1.54) is 22.7 Å². The number of aliphatic imine (C=N–C) groups is 1. The first-order chi connectivity index (χ1) is 37.5. The van der Waals surface area contributed by atoms with E-state index in [9.17, 15) is 25.3 Å². The summed E-state index contributed by atoms with van der Waals surface area (Å²) < 4.78 is 87.4. The molecular formula is C57H54BrN9O8S3. The first-order valence-electron chi connectivity index (χ1n) is 23.7. The van der Waals surface area contributed by atoms with Gasteiger partial charge >= 0.3 is 0 Å². The molecule has 0 spiro atoms. The molecule has 2 N–H and O–H groups in total. The Labute approximate surface area is 462 Å². The van der Waals surface area contributed by atoms with Gasteiger partial charge in [-0.2, -0.15) is 4.31 Å². The van der Waals surface area contributed by atoms with E-state index in [-0.39, 0.29) is 22.9 Å². The standard InChI is InChI=1S/C22H22BrNO4S.C12H8N2.C10H10N2O2S.C9H9N3O2S.C4H5N/c1-27-20-9-3-17(4-10-20)15-24(16-18-5-11-21(28-2)12-6-18)29(25,26)22-13-7-19(23)8-14-22;1-3-9-5-6-10-4-2-8-14-12(10)11(9)13-7-1;1-15(13,14)10-4-2-9(3-5-10)12-7-6-11-8-12;10-15(13,14)9-3-1-8(2-4-9)12-6-5-11-7-12;1-2-4-5-3-1/h3-14H,15-16H2,1-2H3;1-8H;2-8H,1H3;1-7H,(H2,10,13,14);1,3-4H,2H2. The Morgan fingerprint density at radius 2 is 1.01 bits per heavy atom. The quantitative estimate of drug-likeness (QED) is 0.113. The zero-order valence-corrected chi connectivity index (χ0v) is 46.5. The van der Waals surface area contributed by atoms with E-state index in [1.54, 1.807) is 135 Å². The molecule has 1 aliphatic heterocycles. The molecule has 5 heterocycles. The maximum absolute atomic E-state index is 13.4. The lowest BCUT2D eigenvalue weighted by Crippen LogP contribution is -2.30. The summed E-state index contributed by atoms with van der Waals surface area (Å²) in [7, 11) is -7.22. The highest BCUT2D eigenvalue weighted by molar-refractivity contribution is 9.10. The molecule has 11 rings (SSSR count). The molecule has 17 nitrogen and oxygen atoms in total. The molecule has 0 fully saturated rings. The number of hydrogen-bond donors (Lipinski definition) is 1. The molecule has 400 valence electrons. The molecule has 0 amide bonds. The molecule has 21 heteroatoms. The van der Waals surface area contributed by atoms with Crippen LogP contribution in [0.25, 0.3) is 33.2 Å². The molecule has 0 bridgehead atoms. The molecular weight excluding hydrogens is 1110 g/mol. The largest absolute Gasteiger partial charge is 0.497 e. The van der Waals surface area contributed by atoms with Crippen molar-refractivity contribution in [1.82, 2.24) is 33.4 Å². The molecule has 78 heavy (non-hydrogen) atoms. The van der Waals surface area contributed by atoms with E-state index in [2.05, 4.69) is 65.1 Å². The minimum absolute atomic E-state index is 0.103. The summed E-state index contributed by atoms with van der Waals surface area (Å²) in [5, 5.41) is 7.25. The first kappa shape index (κ1) is 57.5. The van der Waals surface area contributed by atoms with Crippen molar-refractivity contribution in [1.29, 1.82) is 0 Å². The van der Waals surface area contributed by atoms with Crippen molar-refractivity contribution in [2.45, 2.75) is 34.2 Å². The van der Waals surface area contributed by atoms with E-state index in [0.717, 1.165) is 66.7 Å². The van der Waals surface area contributed by atoms with Gasteiger partial charge in [0.15, 0.2) is 9.84 Å². The zero-order chi connectivity index (χ0) is 55.5. The highest BCUT2D eigenvalue weighted by Crippen LogP contribution is 2.25. The fourth-order valence-electron chi connectivity index (χ4n) is 7.33. The second kappa shape index (κ2) is 27.2. The number of benzene rings is 6. The highest BCUT2D eigenvalue weighted by Gasteiger charge is 2.25. The molecule has 0 radical (unpaired) electrons. The normalized spacial score (nSPS) is 11.8. The Balaban J connectivity index is 0.000000153. The van der Waals surface area contributed by atoms with Gasteiger partial charge in [0.1, 0.15) is 11.5 Å². The number of nitrogens with zero attached hydrogens (tertiary/aromatic N) is 8. The number of nitrogens with two attached hydrogens (primary N) is 1. The predicted molar refractivity (Wildman–Crippen MR) is 307 cm³/mol.